The molecule has 1 rings (SSSR count). The van der Waals surface area contributed by atoms with E-state index in [0.29, 0.717) is 12.0 Å². The van der Waals surface area contributed by atoms with Gasteiger partial charge in [-0.3, -0.25) is 4.99 Å². The van der Waals surface area contributed by atoms with Crippen molar-refractivity contribution in [1.82, 2.24) is 5.32 Å². The molecule has 0 atom stereocenters. The van der Waals surface area contributed by atoms with Gasteiger partial charge in [0, 0.05) is 12.6 Å². The zero-order valence-corrected chi connectivity index (χ0v) is 9.78. The highest BCUT2D eigenvalue weighted by Gasteiger charge is 2.21. The highest BCUT2D eigenvalue weighted by molar-refractivity contribution is 7.98. The monoisotopic (exact) mass is 215 g/mol. The summed E-state index contributed by atoms with van der Waals surface area (Å²) in [5.41, 5.74) is 5.69. The second-order valence-electron chi connectivity index (χ2n) is 3.74. The number of unbranched alkanes of at least 4 members (excludes halogenated alkanes) is 2. The molecule has 14 heavy (non-hydrogen) atoms. The molecule has 3 N–H and O–H groups in total. The first-order chi connectivity index (χ1) is 6.83. The minimum absolute atomic E-state index is 0.621. The largest absolute Gasteiger partial charge is 0.370 e. The second-order valence-corrected chi connectivity index (χ2v) is 4.72. The fourth-order valence-electron chi connectivity index (χ4n) is 1.22. The molecule has 1 saturated carbocycles. The fraction of sp³-hybridized carbons (Fsp3) is 0.900. The Labute approximate surface area is 90.9 Å². The zero-order valence-electron chi connectivity index (χ0n) is 8.96. The Morgan fingerprint density at radius 2 is 2.21 bits per heavy atom. The molecule has 0 saturated heterocycles. The lowest BCUT2D eigenvalue weighted by atomic mass is 10.2. The van der Waals surface area contributed by atoms with Crippen LogP contribution in [-0.2, 0) is 0 Å². The van der Waals surface area contributed by atoms with Crippen LogP contribution in [0.15, 0.2) is 4.99 Å². The number of nitrogens with two attached hydrogens (primary N) is 1. The first-order valence-electron chi connectivity index (χ1n) is 5.38. The highest BCUT2D eigenvalue weighted by Crippen LogP contribution is 2.17. The van der Waals surface area contributed by atoms with E-state index in [1.165, 1.54) is 31.4 Å². The smallest absolute Gasteiger partial charge is 0.188 e. The lowest BCUT2D eigenvalue weighted by Crippen LogP contribution is -2.33. The van der Waals surface area contributed by atoms with Crippen molar-refractivity contribution in [2.24, 2.45) is 10.7 Å². The molecule has 1 aliphatic carbocycles. The van der Waals surface area contributed by atoms with Crippen LogP contribution in [0, 0.1) is 0 Å². The van der Waals surface area contributed by atoms with Gasteiger partial charge >= 0.3 is 0 Å². The van der Waals surface area contributed by atoms with Crippen molar-refractivity contribution in [2.45, 2.75) is 38.1 Å². The minimum Gasteiger partial charge on any atom is -0.370 e. The minimum atomic E-state index is 0.621. The quantitative estimate of drug-likeness (QED) is 0.385. The molecule has 0 aliphatic heterocycles. The number of nitrogens with one attached hydrogen (secondary N) is 1. The molecular weight excluding hydrogens is 194 g/mol. The Morgan fingerprint density at radius 3 is 2.86 bits per heavy atom. The van der Waals surface area contributed by atoms with Gasteiger partial charge in [-0.05, 0) is 37.7 Å². The zero-order chi connectivity index (χ0) is 10.2. The maximum Gasteiger partial charge on any atom is 0.188 e. The van der Waals surface area contributed by atoms with Gasteiger partial charge in [0.2, 0.25) is 0 Å². The van der Waals surface area contributed by atoms with Gasteiger partial charge in [0.05, 0.1) is 0 Å². The number of nitrogens with zero attached hydrogens (tertiary/aromatic N) is 1. The average Bonchev–Trinajstić information content (AvgIpc) is 2.95. The van der Waals surface area contributed by atoms with E-state index in [4.69, 9.17) is 5.73 Å². The summed E-state index contributed by atoms with van der Waals surface area (Å²) in [6.07, 6.45) is 8.38. The van der Waals surface area contributed by atoms with E-state index in [2.05, 4.69) is 16.6 Å². The first-order valence-corrected chi connectivity index (χ1v) is 6.77. The van der Waals surface area contributed by atoms with E-state index in [1.54, 1.807) is 0 Å². The third-order valence-corrected chi connectivity index (χ3v) is 2.92. The van der Waals surface area contributed by atoms with E-state index in [9.17, 15) is 0 Å². The maximum absolute atomic E-state index is 5.69. The summed E-state index contributed by atoms with van der Waals surface area (Å²) in [6, 6.07) is 0.621. The van der Waals surface area contributed by atoms with Crippen LogP contribution in [0.1, 0.15) is 32.1 Å². The molecule has 0 aromatic rings. The van der Waals surface area contributed by atoms with Gasteiger partial charge in [0.25, 0.3) is 0 Å². The average molecular weight is 215 g/mol. The first kappa shape index (κ1) is 11.7. The lowest BCUT2D eigenvalue weighted by Gasteiger charge is -2.02. The van der Waals surface area contributed by atoms with Gasteiger partial charge in [-0.25, -0.2) is 0 Å². The lowest BCUT2D eigenvalue weighted by molar-refractivity contribution is 0.728. The number of hydrogen-bond donors (Lipinski definition) is 2. The van der Waals surface area contributed by atoms with Gasteiger partial charge in [0.15, 0.2) is 5.96 Å². The predicted molar refractivity (Wildman–Crippen MR) is 64.9 cm³/mol. The SMILES string of the molecule is CSCCCCCN=C(N)NC1CC1. The molecule has 1 aliphatic rings. The molecule has 0 aromatic heterocycles. The Morgan fingerprint density at radius 1 is 1.43 bits per heavy atom. The van der Waals surface area contributed by atoms with Crippen LogP contribution in [0.3, 0.4) is 0 Å². The van der Waals surface area contributed by atoms with Gasteiger partial charge in [-0.15, -0.1) is 0 Å². The molecular formula is C10H21N3S. The molecule has 0 bridgehead atoms. The molecule has 0 unspecified atom stereocenters. The molecule has 0 spiro atoms. The number of hydrogen-bond acceptors (Lipinski definition) is 2. The van der Waals surface area contributed by atoms with Gasteiger partial charge in [0.1, 0.15) is 0 Å². The van der Waals surface area contributed by atoms with Crippen LogP contribution >= 0.6 is 11.8 Å². The van der Waals surface area contributed by atoms with Crippen molar-refractivity contribution >= 4 is 17.7 Å². The predicted octanol–water partition coefficient (Wildman–Crippen LogP) is 1.59. The molecule has 0 aromatic carbocycles. The van der Waals surface area contributed by atoms with Crippen LogP contribution in [0.4, 0.5) is 0 Å². The summed E-state index contributed by atoms with van der Waals surface area (Å²) < 4.78 is 0. The number of thioether (sulfide) groups is 1. The van der Waals surface area contributed by atoms with Crippen molar-refractivity contribution in [3.05, 3.63) is 0 Å². The Bertz CT molecular complexity index is 178. The fourth-order valence-corrected chi connectivity index (χ4v) is 1.71. The Balaban J connectivity index is 1.89. The summed E-state index contributed by atoms with van der Waals surface area (Å²) in [4.78, 5) is 4.28. The van der Waals surface area contributed by atoms with Crippen molar-refractivity contribution in [3.63, 3.8) is 0 Å². The molecule has 0 amide bonds. The second kappa shape index (κ2) is 6.98. The van der Waals surface area contributed by atoms with Crippen LogP contribution in [0.25, 0.3) is 0 Å². The Kier molecular flexibility index (Phi) is 5.83. The third kappa shape index (κ3) is 6.13. The van der Waals surface area contributed by atoms with E-state index in [1.807, 2.05) is 11.8 Å². The van der Waals surface area contributed by atoms with Crippen LogP contribution in [0.2, 0.25) is 0 Å². The van der Waals surface area contributed by atoms with Crippen LogP contribution in [0.5, 0.6) is 0 Å². The van der Waals surface area contributed by atoms with Crippen molar-refractivity contribution in [2.75, 3.05) is 18.6 Å². The van der Waals surface area contributed by atoms with Crippen molar-refractivity contribution in [3.8, 4) is 0 Å². The van der Waals surface area contributed by atoms with Crippen LogP contribution in [-0.4, -0.2) is 30.6 Å². The van der Waals surface area contributed by atoms with Crippen molar-refractivity contribution < 1.29 is 0 Å². The number of aliphatic imine (C=N–C) groups is 1. The van der Waals surface area contributed by atoms with E-state index >= 15 is 0 Å². The topological polar surface area (TPSA) is 50.4 Å². The number of guanidine groups is 1. The van der Waals surface area contributed by atoms with Gasteiger partial charge < -0.3 is 11.1 Å². The number of rotatable bonds is 7. The van der Waals surface area contributed by atoms with Crippen molar-refractivity contribution in [1.29, 1.82) is 0 Å². The van der Waals surface area contributed by atoms with Crippen LogP contribution < -0.4 is 11.1 Å². The molecule has 0 radical (unpaired) electrons. The summed E-state index contributed by atoms with van der Waals surface area (Å²) in [5.74, 6) is 1.90. The third-order valence-electron chi connectivity index (χ3n) is 2.22. The van der Waals surface area contributed by atoms with E-state index < -0.39 is 0 Å². The summed E-state index contributed by atoms with van der Waals surface area (Å²) >= 11 is 1.91. The molecule has 1 fully saturated rings. The van der Waals surface area contributed by atoms with Gasteiger partial charge in [-0.1, -0.05) is 6.42 Å². The maximum atomic E-state index is 5.69. The standard InChI is InChI=1S/C10H21N3S/c1-14-8-4-2-3-7-12-10(11)13-9-5-6-9/h9H,2-8H2,1H3,(H3,11,12,13). The summed E-state index contributed by atoms with van der Waals surface area (Å²) in [6.45, 7) is 0.875. The molecule has 4 heteroatoms. The molecule has 82 valence electrons. The highest BCUT2D eigenvalue weighted by atomic mass is 32.2. The Hall–Kier alpha value is -0.380. The molecule has 0 heterocycles. The normalized spacial score (nSPS) is 17.1. The van der Waals surface area contributed by atoms with E-state index in [0.717, 1.165) is 13.0 Å². The summed E-state index contributed by atoms with van der Waals surface area (Å²) in [7, 11) is 0. The van der Waals surface area contributed by atoms with E-state index in [-0.39, 0.29) is 0 Å². The summed E-state index contributed by atoms with van der Waals surface area (Å²) in [5, 5.41) is 3.18. The van der Waals surface area contributed by atoms with Gasteiger partial charge in [-0.2, -0.15) is 11.8 Å². The molecule has 3 nitrogen and oxygen atoms in total.